The molecule has 5 heteroatoms. The van der Waals surface area contributed by atoms with E-state index in [-0.39, 0.29) is 11.8 Å². The van der Waals surface area contributed by atoms with Crippen LogP contribution < -0.4 is 0 Å². The van der Waals surface area contributed by atoms with E-state index in [1.165, 1.54) is 12.1 Å². The molecule has 0 radical (unpaired) electrons. The zero-order valence-electron chi connectivity index (χ0n) is 8.38. The summed E-state index contributed by atoms with van der Waals surface area (Å²) in [6.07, 6.45) is -4.25. The molecule has 0 aliphatic carbocycles. The minimum Gasteiger partial charge on any atom is -0.668 e. The van der Waals surface area contributed by atoms with Crippen LogP contribution in [0.3, 0.4) is 0 Å². The van der Waals surface area contributed by atoms with Crippen molar-refractivity contribution in [2.24, 2.45) is 0 Å². The van der Waals surface area contributed by atoms with E-state index >= 15 is 0 Å². The zero-order chi connectivity index (χ0) is 11.9. The van der Waals surface area contributed by atoms with Crippen molar-refractivity contribution in [1.29, 1.82) is 0 Å². The second kappa shape index (κ2) is 6.19. The molecule has 1 aromatic carbocycles. The van der Waals surface area contributed by atoms with Gasteiger partial charge in [0, 0.05) is 5.56 Å². The van der Waals surface area contributed by atoms with Crippen LogP contribution in [0, 0.1) is 0 Å². The molecule has 0 aliphatic heterocycles. The van der Waals surface area contributed by atoms with Crippen molar-refractivity contribution in [2.45, 2.75) is 6.18 Å². The van der Waals surface area contributed by atoms with E-state index in [1.54, 1.807) is 14.1 Å². The van der Waals surface area contributed by atoms with E-state index in [0.29, 0.717) is 0 Å². The van der Waals surface area contributed by atoms with Gasteiger partial charge in [0.1, 0.15) is 0 Å². The maximum absolute atomic E-state index is 12.1. The number of aldehydes is 1. The summed E-state index contributed by atoms with van der Waals surface area (Å²) in [5.41, 5.74) is -1.22. The largest absolute Gasteiger partial charge is 0.668 e. The molecule has 0 spiro atoms. The molecule has 84 valence electrons. The van der Waals surface area contributed by atoms with Gasteiger partial charge in [-0.25, -0.2) is 0 Å². The minimum absolute atomic E-state index is 0.197. The third-order valence-electron chi connectivity index (χ3n) is 1.39. The summed E-state index contributed by atoms with van der Waals surface area (Å²) < 4.78 is 36.2. The Morgan fingerprint density at radius 1 is 1.20 bits per heavy atom. The van der Waals surface area contributed by atoms with Crippen molar-refractivity contribution >= 4 is 6.29 Å². The average Bonchev–Trinajstić information content (AvgIpc) is 2.18. The topological polar surface area (TPSA) is 31.2 Å². The molecule has 0 aliphatic rings. The number of nitrogens with zero attached hydrogens (tertiary/aromatic N) is 1. The number of halogens is 3. The van der Waals surface area contributed by atoms with Crippen LogP contribution >= 0.6 is 0 Å². The van der Waals surface area contributed by atoms with Gasteiger partial charge in [0.05, 0.1) is 5.56 Å². The van der Waals surface area contributed by atoms with Crippen LogP contribution in [-0.2, 0) is 6.18 Å². The van der Waals surface area contributed by atoms with Gasteiger partial charge in [-0.1, -0.05) is 18.2 Å². The molecule has 0 heterocycles. The number of hydrogen-bond acceptors (Lipinski definition) is 1. The normalized spacial score (nSPS) is 10.2. The van der Waals surface area contributed by atoms with Crippen molar-refractivity contribution in [3.8, 4) is 0 Å². The summed E-state index contributed by atoms with van der Waals surface area (Å²) in [5, 5.41) is 3.50. The summed E-state index contributed by atoms with van der Waals surface area (Å²) in [5.74, 6) is 0. The number of carbonyl (C=O) groups excluding carboxylic acids is 1. The molecule has 2 nitrogen and oxygen atoms in total. The Hall–Kier alpha value is -1.36. The monoisotopic (exact) mass is 218 g/mol. The first-order chi connectivity index (χ1) is 6.97. The van der Waals surface area contributed by atoms with Gasteiger partial charge in [-0.3, -0.25) is 4.79 Å². The Balaban J connectivity index is 0.000000583. The van der Waals surface area contributed by atoms with Gasteiger partial charge in [-0.05, 0) is 6.07 Å². The quantitative estimate of drug-likeness (QED) is 0.666. The maximum Gasteiger partial charge on any atom is 0.417 e. The molecule has 0 bridgehead atoms. The minimum atomic E-state index is -4.45. The standard InChI is InChI=1S/C8H5F3O.C2H6N/c9-8(10,11)7-4-2-1-3-6(7)5-12;1-3-2/h1-5H;1-2H3/q;-1. The third kappa shape index (κ3) is 4.60. The molecule has 1 aromatic rings. The summed E-state index contributed by atoms with van der Waals surface area (Å²) >= 11 is 0. The fraction of sp³-hybridized carbons (Fsp3) is 0.300. The maximum atomic E-state index is 12.1. The highest BCUT2D eigenvalue weighted by molar-refractivity contribution is 5.77. The van der Waals surface area contributed by atoms with Crippen LogP contribution in [0.4, 0.5) is 13.2 Å². The van der Waals surface area contributed by atoms with Crippen LogP contribution in [0.2, 0.25) is 0 Å². The Bertz CT molecular complexity index is 310. The number of hydrogen-bond donors (Lipinski definition) is 0. The molecule has 0 aromatic heterocycles. The fourth-order valence-electron chi connectivity index (χ4n) is 0.858. The van der Waals surface area contributed by atoms with E-state index in [9.17, 15) is 18.0 Å². The molecule has 0 fully saturated rings. The third-order valence-corrected chi connectivity index (χ3v) is 1.39. The van der Waals surface area contributed by atoms with Gasteiger partial charge in [-0.15, -0.1) is 0 Å². The Kier molecular flexibility index (Phi) is 5.62. The fourth-order valence-corrected chi connectivity index (χ4v) is 0.858. The smallest absolute Gasteiger partial charge is 0.417 e. The molecule has 15 heavy (non-hydrogen) atoms. The highest BCUT2D eigenvalue weighted by Gasteiger charge is 2.32. The molecular formula is C10H11F3NO-. The Morgan fingerprint density at radius 3 is 2.00 bits per heavy atom. The van der Waals surface area contributed by atoms with E-state index < -0.39 is 11.7 Å². The molecule has 0 saturated heterocycles. The Labute approximate surface area is 86.1 Å². The van der Waals surface area contributed by atoms with Crippen LogP contribution in [0.25, 0.3) is 5.32 Å². The van der Waals surface area contributed by atoms with E-state index in [0.717, 1.165) is 12.1 Å². The number of benzene rings is 1. The van der Waals surface area contributed by atoms with Gasteiger partial charge in [-0.2, -0.15) is 27.3 Å². The van der Waals surface area contributed by atoms with Gasteiger partial charge in [0.15, 0.2) is 6.29 Å². The number of carbonyl (C=O) groups is 1. The number of alkyl halides is 3. The van der Waals surface area contributed by atoms with Crippen molar-refractivity contribution in [1.82, 2.24) is 0 Å². The van der Waals surface area contributed by atoms with Crippen LogP contribution in [-0.4, -0.2) is 20.4 Å². The molecule has 0 amide bonds. The summed E-state index contributed by atoms with van der Waals surface area (Å²) in [6, 6.07) is 4.65. The Morgan fingerprint density at radius 2 is 1.67 bits per heavy atom. The van der Waals surface area contributed by atoms with Gasteiger partial charge in [0.2, 0.25) is 0 Å². The predicted octanol–water partition coefficient (Wildman–Crippen LogP) is 3.14. The van der Waals surface area contributed by atoms with Crippen LogP contribution in [0.5, 0.6) is 0 Å². The first-order valence-corrected chi connectivity index (χ1v) is 4.06. The van der Waals surface area contributed by atoms with Crippen molar-refractivity contribution < 1.29 is 18.0 Å². The first-order valence-electron chi connectivity index (χ1n) is 4.06. The lowest BCUT2D eigenvalue weighted by Gasteiger charge is -2.07. The molecule has 0 saturated carbocycles. The predicted molar refractivity (Wildman–Crippen MR) is 52.0 cm³/mol. The van der Waals surface area contributed by atoms with Crippen LogP contribution in [0.15, 0.2) is 24.3 Å². The molecular weight excluding hydrogens is 207 g/mol. The molecule has 1 rings (SSSR count). The molecule has 0 unspecified atom stereocenters. The lowest BCUT2D eigenvalue weighted by molar-refractivity contribution is -0.137. The average molecular weight is 218 g/mol. The van der Waals surface area contributed by atoms with Crippen molar-refractivity contribution in [2.75, 3.05) is 14.1 Å². The summed E-state index contributed by atoms with van der Waals surface area (Å²) in [4.78, 5) is 10.2. The lowest BCUT2D eigenvalue weighted by atomic mass is 10.1. The van der Waals surface area contributed by atoms with Gasteiger partial charge >= 0.3 is 6.18 Å². The highest BCUT2D eigenvalue weighted by atomic mass is 19.4. The summed E-state index contributed by atoms with van der Waals surface area (Å²) in [6.45, 7) is 0. The second-order valence-electron chi connectivity index (χ2n) is 2.65. The van der Waals surface area contributed by atoms with Crippen molar-refractivity contribution in [3.05, 3.63) is 40.7 Å². The summed E-state index contributed by atoms with van der Waals surface area (Å²) in [7, 11) is 3.50. The first kappa shape index (κ1) is 13.6. The number of rotatable bonds is 1. The van der Waals surface area contributed by atoms with Crippen LogP contribution in [0.1, 0.15) is 15.9 Å². The SMILES string of the molecule is C[N-]C.O=Cc1ccccc1C(F)(F)F. The highest BCUT2D eigenvalue weighted by Crippen LogP contribution is 2.30. The van der Waals surface area contributed by atoms with E-state index in [1.807, 2.05) is 0 Å². The lowest BCUT2D eigenvalue weighted by Crippen LogP contribution is -2.08. The van der Waals surface area contributed by atoms with Crippen molar-refractivity contribution in [3.63, 3.8) is 0 Å². The van der Waals surface area contributed by atoms with Gasteiger partial charge < -0.3 is 5.32 Å². The zero-order valence-corrected chi connectivity index (χ0v) is 8.38. The van der Waals surface area contributed by atoms with E-state index in [4.69, 9.17) is 0 Å². The molecule has 0 N–H and O–H groups in total. The second-order valence-corrected chi connectivity index (χ2v) is 2.65. The van der Waals surface area contributed by atoms with Gasteiger partial charge in [0.25, 0.3) is 0 Å². The van der Waals surface area contributed by atoms with E-state index in [2.05, 4.69) is 5.32 Å². The molecule has 0 atom stereocenters.